The quantitative estimate of drug-likeness (QED) is 0.446. The van der Waals surface area contributed by atoms with Crippen molar-refractivity contribution in [3.63, 3.8) is 0 Å². The zero-order valence-electron chi connectivity index (χ0n) is 7.41. The second-order valence-corrected chi connectivity index (χ2v) is 1.23. The van der Waals surface area contributed by atoms with Gasteiger partial charge < -0.3 is 14.6 Å². The van der Waals surface area contributed by atoms with Gasteiger partial charge in [-0.3, -0.25) is 0 Å². The standard InChI is InChI=1S/C3H5O3.C3H7O.2Rf/c1-6-2-3(4)5;1-3-4-2;;/h1-2H2,(H,4,5);2-3H2,1H3;;/q2*-1;;. The predicted molar refractivity (Wildman–Crippen MR) is 35.9 cm³/mol. The Labute approximate surface area is 60.8 Å². The molecule has 0 unspecified atom stereocenters. The summed E-state index contributed by atoms with van der Waals surface area (Å²) in [7, 11) is 5.95. The van der Waals surface area contributed by atoms with Gasteiger partial charge in [-0.25, -0.2) is 19.0 Å². The van der Waals surface area contributed by atoms with Gasteiger partial charge in [0.1, 0.15) is 6.61 Å². The molecule has 0 radical (unpaired) electrons. The summed E-state index contributed by atoms with van der Waals surface area (Å²) in [6.45, 7) is 2.28. The molecule has 0 amide bonds. The van der Waals surface area contributed by atoms with Crippen LogP contribution in [0, 0.1) is 14.2 Å². The van der Waals surface area contributed by atoms with Crippen molar-refractivity contribution in [2.75, 3.05) is 13.2 Å². The van der Waals surface area contributed by atoms with E-state index in [0.717, 1.165) is 0 Å². The molecule has 0 aliphatic heterocycles. The number of hydrogen-bond acceptors (Lipinski definition) is 3. The normalized spacial score (nSPS) is 6.58. The van der Waals surface area contributed by atoms with Crippen LogP contribution >= 0.6 is 0 Å². The van der Waals surface area contributed by atoms with Crippen LogP contribution in [-0.2, 0) is 14.3 Å². The van der Waals surface area contributed by atoms with Gasteiger partial charge in [0.2, 0.25) is 0 Å². The molecule has 0 atom stereocenters. The van der Waals surface area contributed by atoms with Crippen LogP contribution in [0.2, 0.25) is 0 Å². The number of hydrogen-bond donors (Lipinski definition) is 1. The van der Waals surface area contributed by atoms with Crippen LogP contribution in [0.5, 0.6) is 0 Å². The van der Waals surface area contributed by atoms with E-state index in [1.807, 2.05) is 6.92 Å². The van der Waals surface area contributed by atoms with Gasteiger partial charge in [0, 0.05) is 6.61 Å². The first-order valence-electron chi connectivity index (χ1n) is 2.64. The van der Waals surface area contributed by atoms with Crippen LogP contribution in [0.4, 0.5) is 0 Å². The molecule has 0 aromatic heterocycles. The van der Waals surface area contributed by atoms with Crippen molar-refractivity contribution in [3.8, 4) is 0 Å². The van der Waals surface area contributed by atoms with E-state index in [9.17, 15) is 4.79 Å². The summed E-state index contributed by atoms with van der Waals surface area (Å²) in [6, 6.07) is 0. The van der Waals surface area contributed by atoms with E-state index in [-0.39, 0.29) is 6.61 Å². The van der Waals surface area contributed by atoms with E-state index in [1.165, 1.54) is 0 Å². The molecule has 0 fully saturated rings. The average molecular weight is 682 g/mol. The Kier molecular flexibility index (Phi) is 45.1. The SMILES string of the molecule is [CH2-]OCC.[CH2-]OCC(=O)O.[Rf].[Rf]. The number of carboxylic acid groups (broad SMARTS) is 1. The minimum absolute atomic E-state index is 0. The third-order valence-electron chi connectivity index (χ3n) is 0.430. The minimum Gasteiger partial charge on any atom is -0.555 e. The maximum absolute atomic E-state index is 9.43. The first-order chi connectivity index (χ1) is 4.68. The molecule has 0 bridgehead atoms. The van der Waals surface area contributed by atoms with Crippen molar-refractivity contribution in [3.05, 3.63) is 14.2 Å². The summed E-state index contributed by atoms with van der Waals surface area (Å²) in [4.78, 5) is 9.43. The largest absolute Gasteiger partial charge is 0.555 e. The van der Waals surface area contributed by atoms with Gasteiger partial charge >= 0.3 is 5.97 Å². The first-order valence-corrected chi connectivity index (χ1v) is 2.64. The van der Waals surface area contributed by atoms with Gasteiger partial charge in [-0.05, 0) is 6.92 Å². The van der Waals surface area contributed by atoms with Crippen LogP contribution in [0.15, 0.2) is 0 Å². The Morgan fingerprint density at radius 3 is 1.67 bits per heavy atom. The fraction of sp³-hybridized carbons (Fsp3) is 0.500. The third-order valence-corrected chi connectivity index (χ3v) is 0.430. The van der Waals surface area contributed by atoms with Gasteiger partial charge in [-0.2, -0.15) is 0 Å². The molecule has 0 aliphatic rings. The summed E-state index contributed by atoms with van der Waals surface area (Å²) in [5.74, 6) is -0.995. The molecule has 0 rings (SSSR count). The van der Waals surface area contributed by atoms with Crippen molar-refractivity contribution < 1.29 is 19.4 Å². The molecule has 0 saturated carbocycles. The second-order valence-electron chi connectivity index (χ2n) is 1.23. The van der Waals surface area contributed by atoms with E-state index < -0.39 is 5.97 Å². The van der Waals surface area contributed by atoms with Crippen LogP contribution in [0.3, 0.4) is 0 Å². The van der Waals surface area contributed by atoms with E-state index >= 15 is 0 Å². The van der Waals surface area contributed by atoms with Gasteiger partial charge in [0.25, 0.3) is 0 Å². The van der Waals surface area contributed by atoms with Crippen molar-refractivity contribution in [2.24, 2.45) is 0 Å². The summed E-state index contributed by atoms with van der Waals surface area (Å²) in [5, 5.41) is 7.75. The predicted octanol–water partition coefficient (Wildman–Crippen LogP) is 0.694. The van der Waals surface area contributed by atoms with E-state index in [1.54, 1.807) is 0 Å². The molecule has 0 aromatic carbocycles. The van der Waals surface area contributed by atoms with Crippen molar-refractivity contribution in [2.45, 2.75) is 6.92 Å². The van der Waals surface area contributed by atoms with E-state index in [0.29, 0.717) is 6.61 Å². The Bertz CT molecular complexity index is 77.9. The smallest absolute Gasteiger partial charge is 0.326 e. The number of ether oxygens (including phenoxy) is 2. The van der Waals surface area contributed by atoms with Gasteiger partial charge in [0.15, 0.2) is 0 Å². The number of rotatable bonds is 3. The van der Waals surface area contributed by atoms with Gasteiger partial charge in [-0.15, -0.1) is 0 Å². The van der Waals surface area contributed by atoms with Crippen LogP contribution in [0.25, 0.3) is 0 Å². The topological polar surface area (TPSA) is 55.8 Å². The first kappa shape index (κ1) is 22.8. The zero-order chi connectivity index (χ0) is 8.41. The fourth-order valence-corrected chi connectivity index (χ4v) is 0.0873. The third kappa shape index (κ3) is 156. The molecule has 4 nitrogen and oxygen atoms in total. The molecular weight excluding hydrogens is 670 g/mol. The molecule has 0 spiro atoms. The molecule has 1 N–H and O–H groups in total. The Balaban J connectivity index is -0.0000000483. The van der Waals surface area contributed by atoms with Crippen LogP contribution < -0.4 is 0 Å². The maximum atomic E-state index is 9.43. The summed E-state index contributed by atoms with van der Waals surface area (Å²) >= 11 is 0. The molecule has 66 valence electrons. The molecule has 0 saturated heterocycles. The summed E-state index contributed by atoms with van der Waals surface area (Å²) < 4.78 is 8.25. The molecule has 0 heterocycles. The Hall–Kier alpha value is -2.61. The molecular formula is C6H12O4Rf2-2. The van der Waals surface area contributed by atoms with Gasteiger partial charge in [0.05, 0.1) is 0 Å². The van der Waals surface area contributed by atoms with E-state index in [2.05, 4.69) is 23.7 Å². The van der Waals surface area contributed by atoms with Gasteiger partial charge in [-0.1, -0.05) is 0 Å². The Morgan fingerprint density at radius 1 is 1.33 bits per heavy atom. The number of aliphatic carboxylic acids is 1. The van der Waals surface area contributed by atoms with E-state index in [4.69, 9.17) is 5.11 Å². The summed E-state index contributed by atoms with van der Waals surface area (Å²) in [6.07, 6.45) is 0. The van der Waals surface area contributed by atoms with Crippen molar-refractivity contribution >= 4 is 5.97 Å². The van der Waals surface area contributed by atoms with Crippen molar-refractivity contribution in [1.29, 1.82) is 0 Å². The van der Waals surface area contributed by atoms with Crippen LogP contribution in [-0.4, -0.2) is 24.3 Å². The fourth-order valence-electron chi connectivity index (χ4n) is 0.0873. The maximum Gasteiger partial charge on any atom is 0.326 e. The minimum atomic E-state index is -0.995. The molecule has 0 aliphatic carbocycles. The zero-order valence-corrected chi connectivity index (χ0v) is 20.2. The Morgan fingerprint density at radius 2 is 1.67 bits per heavy atom. The molecule has 6 heteroatoms. The average Bonchev–Trinajstić information content (AvgIpc) is 1.89. The van der Waals surface area contributed by atoms with Crippen LogP contribution in [0.1, 0.15) is 6.92 Å². The van der Waals surface area contributed by atoms with Crippen molar-refractivity contribution in [1.82, 2.24) is 0 Å². The molecule has 0 aromatic rings. The number of carbonyl (C=O) groups is 1. The molecule has 12 heavy (non-hydrogen) atoms. The summed E-state index contributed by atoms with van der Waals surface area (Å²) in [5.41, 5.74) is 0. The number of carboxylic acids is 1. The second kappa shape index (κ2) is 23.8. The monoisotopic (exact) mass is 682 g/mol.